The molecule has 5 heteroatoms. The standard InChI is InChI=1S/C14H24N2O3/c1-10(2)16(8-11-4-5-11)13(19)15-7-6-14(3,9-15)12(17)18/h10-11H,4-9H2,1-3H3,(H,17,18). The monoisotopic (exact) mass is 268 g/mol. The molecule has 0 aromatic heterocycles. The Kier molecular flexibility index (Phi) is 3.74. The van der Waals surface area contributed by atoms with Gasteiger partial charge in [-0.1, -0.05) is 0 Å². The highest BCUT2D eigenvalue weighted by atomic mass is 16.4. The summed E-state index contributed by atoms with van der Waals surface area (Å²) in [6.07, 6.45) is 2.97. The van der Waals surface area contributed by atoms with Gasteiger partial charge in [-0.15, -0.1) is 0 Å². The average Bonchev–Trinajstić information content (AvgIpc) is 3.06. The van der Waals surface area contributed by atoms with Crippen LogP contribution in [0.5, 0.6) is 0 Å². The third-order valence-electron chi connectivity index (χ3n) is 4.28. The molecule has 1 atom stereocenters. The van der Waals surface area contributed by atoms with Gasteiger partial charge in [0.2, 0.25) is 0 Å². The van der Waals surface area contributed by atoms with E-state index in [-0.39, 0.29) is 12.1 Å². The summed E-state index contributed by atoms with van der Waals surface area (Å²) >= 11 is 0. The summed E-state index contributed by atoms with van der Waals surface area (Å²) in [5.41, 5.74) is -0.780. The van der Waals surface area contributed by atoms with Crippen molar-refractivity contribution >= 4 is 12.0 Å². The van der Waals surface area contributed by atoms with E-state index in [9.17, 15) is 14.7 Å². The Hall–Kier alpha value is -1.26. The van der Waals surface area contributed by atoms with Crippen LogP contribution in [0.2, 0.25) is 0 Å². The number of likely N-dealkylation sites (tertiary alicyclic amines) is 1. The van der Waals surface area contributed by atoms with Crippen molar-refractivity contribution in [3.63, 3.8) is 0 Å². The van der Waals surface area contributed by atoms with Gasteiger partial charge < -0.3 is 14.9 Å². The number of rotatable bonds is 4. The molecule has 19 heavy (non-hydrogen) atoms. The van der Waals surface area contributed by atoms with Gasteiger partial charge in [0.05, 0.1) is 5.41 Å². The van der Waals surface area contributed by atoms with E-state index in [1.54, 1.807) is 11.8 Å². The molecule has 5 nitrogen and oxygen atoms in total. The zero-order chi connectivity index (χ0) is 14.2. The van der Waals surface area contributed by atoms with Crippen LogP contribution in [0.4, 0.5) is 4.79 Å². The van der Waals surface area contributed by atoms with Gasteiger partial charge in [0.25, 0.3) is 0 Å². The fraction of sp³-hybridized carbons (Fsp3) is 0.857. The van der Waals surface area contributed by atoms with Gasteiger partial charge in [-0.05, 0) is 46.0 Å². The van der Waals surface area contributed by atoms with E-state index < -0.39 is 11.4 Å². The quantitative estimate of drug-likeness (QED) is 0.848. The number of amides is 2. The highest BCUT2D eigenvalue weighted by Gasteiger charge is 2.43. The topological polar surface area (TPSA) is 60.9 Å². The van der Waals surface area contributed by atoms with Crippen molar-refractivity contribution in [3.05, 3.63) is 0 Å². The molecule has 0 radical (unpaired) electrons. The molecule has 0 bridgehead atoms. The van der Waals surface area contributed by atoms with E-state index in [1.807, 2.05) is 18.7 Å². The van der Waals surface area contributed by atoms with E-state index in [0.29, 0.717) is 25.4 Å². The highest BCUT2D eigenvalue weighted by molar-refractivity contribution is 5.79. The van der Waals surface area contributed by atoms with E-state index in [2.05, 4.69) is 0 Å². The van der Waals surface area contributed by atoms with Gasteiger partial charge in [-0.25, -0.2) is 4.79 Å². The summed E-state index contributed by atoms with van der Waals surface area (Å²) in [5.74, 6) is -0.152. The minimum Gasteiger partial charge on any atom is -0.481 e. The van der Waals surface area contributed by atoms with Crippen LogP contribution in [0.1, 0.15) is 40.0 Å². The lowest BCUT2D eigenvalue weighted by Crippen LogP contribution is -2.47. The van der Waals surface area contributed by atoms with Gasteiger partial charge in [0, 0.05) is 25.7 Å². The van der Waals surface area contributed by atoms with Crippen molar-refractivity contribution in [1.82, 2.24) is 9.80 Å². The molecule has 1 aliphatic heterocycles. The normalized spacial score (nSPS) is 26.8. The number of carboxylic acids is 1. The number of carboxylic acid groups (broad SMARTS) is 1. The summed E-state index contributed by atoms with van der Waals surface area (Å²) < 4.78 is 0. The number of carbonyl (C=O) groups excluding carboxylic acids is 1. The van der Waals surface area contributed by atoms with Gasteiger partial charge in [0.15, 0.2) is 0 Å². The number of urea groups is 1. The Labute approximate surface area is 114 Å². The second-order valence-electron chi connectivity index (χ2n) is 6.51. The molecule has 1 aliphatic carbocycles. The first kappa shape index (κ1) is 14.2. The Bertz CT molecular complexity index is 379. The summed E-state index contributed by atoms with van der Waals surface area (Å²) in [6.45, 7) is 7.46. The first-order valence-electron chi connectivity index (χ1n) is 7.12. The fourth-order valence-electron chi connectivity index (χ4n) is 2.57. The van der Waals surface area contributed by atoms with Gasteiger partial charge in [0.1, 0.15) is 0 Å². The number of aliphatic carboxylic acids is 1. The predicted molar refractivity (Wildman–Crippen MR) is 71.9 cm³/mol. The minimum atomic E-state index is -0.805. The molecule has 2 amide bonds. The van der Waals surface area contributed by atoms with Crippen LogP contribution in [-0.2, 0) is 4.79 Å². The molecule has 1 saturated heterocycles. The maximum absolute atomic E-state index is 12.5. The zero-order valence-corrected chi connectivity index (χ0v) is 12.1. The van der Waals surface area contributed by atoms with E-state index >= 15 is 0 Å². The molecule has 1 heterocycles. The largest absolute Gasteiger partial charge is 0.481 e. The van der Waals surface area contributed by atoms with Crippen LogP contribution < -0.4 is 0 Å². The van der Waals surface area contributed by atoms with E-state index in [1.165, 1.54) is 12.8 Å². The third kappa shape index (κ3) is 3.01. The minimum absolute atomic E-state index is 0.00637. The Morgan fingerprint density at radius 2 is 2.05 bits per heavy atom. The van der Waals surface area contributed by atoms with Crippen LogP contribution in [0.3, 0.4) is 0 Å². The second kappa shape index (κ2) is 5.02. The molecule has 1 N–H and O–H groups in total. The Morgan fingerprint density at radius 1 is 1.42 bits per heavy atom. The lowest BCUT2D eigenvalue weighted by Gasteiger charge is -2.32. The Morgan fingerprint density at radius 3 is 2.47 bits per heavy atom. The van der Waals surface area contributed by atoms with Crippen molar-refractivity contribution in [2.75, 3.05) is 19.6 Å². The zero-order valence-electron chi connectivity index (χ0n) is 12.1. The smallest absolute Gasteiger partial charge is 0.320 e. The Balaban J connectivity index is 2.00. The van der Waals surface area contributed by atoms with Crippen molar-refractivity contribution in [1.29, 1.82) is 0 Å². The average molecular weight is 268 g/mol. The first-order valence-corrected chi connectivity index (χ1v) is 7.12. The molecular weight excluding hydrogens is 244 g/mol. The fourth-order valence-corrected chi connectivity index (χ4v) is 2.57. The number of hydrogen-bond donors (Lipinski definition) is 1. The summed E-state index contributed by atoms with van der Waals surface area (Å²) in [7, 11) is 0. The molecule has 1 unspecified atom stereocenters. The molecule has 0 spiro atoms. The molecule has 0 aromatic rings. The van der Waals surface area contributed by atoms with E-state index in [4.69, 9.17) is 0 Å². The predicted octanol–water partition coefficient (Wildman–Crippen LogP) is 2.02. The molecule has 2 aliphatic rings. The first-order chi connectivity index (χ1) is 8.83. The van der Waals surface area contributed by atoms with Crippen LogP contribution in [0.25, 0.3) is 0 Å². The van der Waals surface area contributed by atoms with Gasteiger partial charge in [-0.3, -0.25) is 4.79 Å². The SMILES string of the molecule is CC(C)N(CC1CC1)C(=O)N1CCC(C)(C(=O)O)C1. The maximum Gasteiger partial charge on any atom is 0.320 e. The summed E-state index contributed by atoms with van der Waals surface area (Å²) in [5, 5.41) is 9.22. The van der Waals surface area contributed by atoms with Crippen LogP contribution in [-0.4, -0.2) is 52.6 Å². The van der Waals surface area contributed by atoms with Crippen molar-refractivity contribution in [3.8, 4) is 0 Å². The third-order valence-corrected chi connectivity index (χ3v) is 4.28. The molecule has 2 rings (SSSR count). The van der Waals surface area contributed by atoms with Crippen LogP contribution >= 0.6 is 0 Å². The van der Waals surface area contributed by atoms with Crippen molar-refractivity contribution < 1.29 is 14.7 Å². The van der Waals surface area contributed by atoms with Gasteiger partial charge in [-0.2, -0.15) is 0 Å². The van der Waals surface area contributed by atoms with Gasteiger partial charge >= 0.3 is 12.0 Å². The molecule has 108 valence electrons. The molecule has 0 aromatic carbocycles. The maximum atomic E-state index is 12.5. The highest BCUT2D eigenvalue weighted by Crippen LogP contribution is 2.33. The molecule has 2 fully saturated rings. The second-order valence-corrected chi connectivity index (χ2v) is 6.51. The number of carbonyl (C=O) groups is 2. The summed E-state index contributed by atoms with van der Waals surface area (Å²) in [6, 6.07) is 0.177. The number of hydrogen-bond acceptors (Lipinski definition) is 2. The summed E-state index contributed by atoms with van der Waals surface area (Å²) in [4.78, 5) is 27.3. The van der Waals surface area contributed by atoms with Crippen LogP contribution in [0, 0.1) is 11.3 Å². The van der Waals surface area contributed by atoms with Crippen molar-refractivity contribution in [2.24, 2.45) is 11.3 Å². The molecular formula is C14H24N2O3. The lowest BCUT2D eigenvalue weighted by molar-refractivity contribution is -0.147. The van der Waals surface area contributed by atoms with E-state index in [0.717, 1.165) is 6.54 Å². The lowest BCUT2D eigenvalue weighted by atomic mass is 9.90. The van der Waals surface area contributed by atoms with Crippen LogP contribution in [0.15, 0.2) is 0 Å². The molecule has 1 saturated carbocycles. The van der Waals surface area contributed by atoms with Crippen molar-refractivity contribution in [2.45, 2.75) is 46.1 Å². The number of nitrogens with zero attached hydrogens (tertiary/aromatic N) is 2.